The van der Waals surface area contributed by atoms with Gasteiger partial charge < -0.3 is 42.5 Å². The second-order valence-electron chi connectivity index (χ2n) is 13.3. The van der Waals surface area contributed by atoms with Crippen LogP contribution >= 0.6 is 21.6 Å². The SMILES string of the molecule is CC(C)C[C@H](NC(=O)[C@H](Cc1ccccc1)NC(=O)CNC(=O)[C@@H](C)NC(=O)[C@@H](N)Cc1ccc(O)cc1)C(=O)N[C@@H](CSSc1ncccc1[N+](=O)[O-])C(=O)O. The number of carboxylic acids is 1. The molecule has 18 nitrogen and oxygen atoms in total. The number of pyridine rings is 1. The Morgan fingerprint density at radius 3 is 2.05 bits per heavy atom. The second-order valence-corrected chi connectivity index (χ2v) is 15.6. The Bertz CT molecular complexity index is 1870. The highest BCUT2D eigenvalue weighted by Gasteiger charge is 2.31. The van der Waals surface area contributed by atoms with Crippen molar-refractivity contribution < 1.29 is 43.9 Å². The number of phenolic OH excluding ortho intramolecular Hbond substituents is 1. The third kappa shape index (κ3) is 15.7. The highest BCUT2D eigenvalue weighted by molar-refractivity contribution is 8.76. The molecule has 0 aliphatic rings. The summed E-state index contributed by atoms with van der Waals surface area (Å²) in [5.74, 6) is -5.25. The summed E-state index contributed by atoms with van der Waals surface area (Å²) in [4.78, 5) is 92.5. The van der Waals surface area contributed by atoms with Crippen molar-refractivity contribution in [3.8, 4) is 5.75 Å². The Morgan fingerprint density at radius 2 is 1.42 bits per heavy atom. The van der Waals surface area contributed by atoms with Gasteiger partial charge in [0.2, 0.25) is 29.5 Å². The van der Waals surface area contributed by atoms with Crippen molar-refractivity contribution in [1.29, 1.82) is 0 Å². The van der Waals surface area contributed by atoms with Gasteiger partial charge in [0.05, 0.1) is 17.5 Å². The molecule has 306 valence electrons. The van der Waals surface area contributed by atoms with Crippen LogP contribution < -0.4 is 32.3 Å². The normalized spacial score (nSPS) is 13.6. The predicted molar refractivity (Wildman–Crippen MR) is 213 cm³/mol. The molecule has 5 amide bonds. The average Bonchev–Trinajstić information content (AvgIpc) is 3.16. The lowest BCUT2D eigenvalue weighted by molar-refractivity contribution is -0.388. The summed E-state index contributed by atoms with van der Waals surface area (Å²) in [6.07, 6.45) is 1.61. The number of hydrogen-bond acceptors (Lipinski definition) is 13. The maximum absolute atomic E-state index is 13.7. The molecule has 0 aliphatic heterocycles. The van der Waals surface area contributed by atoms with Crippen LogP contribution in [0.4, 0.5) is 5.69 Å². The van der Waals surface area contributed by atoms with Crippen LogP contribution in [0.1, 0.15) is 38.3 Å². The first-order chi connectivity index (χ1) is 27.0. The van der Waals surface area contributed by atoms with E-state index < -0.39 is 77.2 Å². The number of carbonyl (C=O) groups is 6. The number of aromatic hydroxyl groups is 1. The molecule has 0 saturated carbocycles. The molecule has 1 heterocycles. The zero-order valence-corrected chi connectivity index (χ0v) is 33.0. The Kier molecular flexibility index (Phi) is 18.2. The van der Waals surface area contributed by atoms with Gasteiger partial charge >= 0.3 is 11.7 Å². The van der Waals surface area contributed by atoms with E-state index in [0.29, 0.717) is 11.1 Å². The number of carboxylic acid groups (broad SMARTS) is 1. The Labute approximate surface area is 336 Å². The maximum atomic E-state index is 13.7. The van der Waals surface area contributed by atoms with E-state index in [1.165, 1.54) is 37.4 Å². The Balaban J connectivity index is 1.63. The Hall–Kier alpha value is -5.73. The van der Waals surface area contributed by atoms with Gasteiger partial charge in [-0.2, -0.15) is 0 Å². The predicted octanol–water partition coefficient (Wildman–Crippen LogP) is 1.45. The monoisotopic (exact) mass is 826 g/mol. The van der Waals surface area contributed by atoms with Gasteiger partial charge in [-0.1, -0.05) is 67.1 Å². The van der Waals surface area contributed by atoms with Crippen LogP contribution in [0.25, 0.3) is 0 Å². The lowest BCUT2D eigenvalue weighted by Gasteiger charge is -2.25. The summed E-state index contributed by atoms with van der Waals surface area (Å²) in [5, 5.41) is 43.2. The zero-order chi connectivity index (χ0) is 42.1. The molecule has 57 heavy (non-hydrogen) atoms. The molecule has 2 aromatic carbocycles. The van der Waals surface area contributed by atoms with E-state index in [4.69, 9.17) is 5.73 Å². The Morgan fingerprint density at radius 1 is 0.789 bits per heavy atom. The van der Waals surface area contributed by atoms with Crippen LogP contribution in [0, 0.1) is 16.0 Å². The minimum Gasteiger partial charge on any atom is -0.508 e. The number of aliphatic carboxylic acids is 1. The number of rotatable bonds is 22. The smallest absolute Gasteiger partial charge is 0.327 e. The molecular weight excluding hydrogens is 781 g/mol. The lowest BCUT2D eigenvalue weighted by atomic mass is 10.0. The summed E-state index contributed by atoms with van der Waals surface area (Å²) < 4.78 is 0. The van der Waals surface area contributed by atoms with Gasteiger partial charge in [-0.15, -0.1) is 0 Å². The van der Waals surface area contributed by atoms with Crippen molar-refractivity contribution in [3.05, 3.63) is 94.2 Å². The fourth-order valence-corrected chi connectivity index (χ4v) is 7.36. The van der Waals surface area contributed by atoms with E-state index >= 15 is 0 Å². The topological polar surface area (TPSA) is 285 Å². The molecule has 20 heteroatoms. The first kappa shape index (κ1) is 45.7. The van der Waals surface area contributed by atoms with Crippen molar-refractivity contribution in [2.24, 2.45) is 11.7 Å². The van der Waals surface area contributed by atoms with E-state index in [1.54, 1.807) is 56.3 Å². The maximum Gasteiger partial charge on any atom is 0.327 e. The molecule has 0 aliphatic carbocycles. The molecule has 9 N–H and O–H groups in total. The van der Waals surface area contributed by atoms with Crippen LogP contribution in [0.2, 0.25) is 0 Å². The molecule has 1 aromatic heterocycles. The van der Waals surface area contributed by atoms with Gasteiger partial charge in [-0.25, -0.2) is 9.78 Å². The number of carbonyl (C=O) groups excluding carboxylic acids is 5. The van der Waals surface area contributed by atoms with Crippen LogP contribution in [0.5, 0.6) is 5.75 Å². The molecule has 0 saturated heterocycles. The summed E-state index contributed by atoms with van der Waals surface area (Å²) in [6, 6.07) is 11.6. The average molecular weight is 827 g/mol. The minimum absolute atomic E-state index is 0.000963. The van der Waals surface area contributed by atoms with Crippen LogP contribution in [-0.2, 0) is 41.6 Å². The van der Waals surface area contributed by atoms with Gasteiger partial charge in [0.1, 0.15) is 29.9 Å². The van der Waals surface area contributed by atoms with Crippen molar-refractivity contribution >= 4 is 62.8 Å². The largest absolute Gasteiger partial charge is 0.508 e. The summed E-state index contributed by atoms with van der Waals surface area (Å²) >= 11 is 0. The molecule has 0 radical (unpaired) electrons. The van der Waals surface area contributed by atoms with E-state index in [-0.39, 0.29) is 47.4 Å². The number of amides is 5. The van der Waals surface area contributed by atoms with Crippen molar-refractivity contribution in [3.63, 3.8) is 0 Å². The molecular formula is C37H46N8O10S2. The number of benzene rings is 2. The molecule has 0 spiro atoms. The number of nitrogens with two attached hydrogens (primary N) is 1. The summed E-state index contributed by atoms with van der Waals surface area (Å²) in [5.41, 5.74) is 7.10. The van der Waals surface area contributed by atoms with Crippen molar-refractivity contribution in [2.45, 2.75) is 75.3 Å². The van der Waals surface area contributed by atoms with Gasteiger partial charge in [0.25, 0.3) is 0 Å². The van der Waals surface area contributed by atoms with Gasteiger partial charge in [0, 0.05) is 24.4 Å². The first-order valence-corrected chi connectivity index (χ1v) is 20.0. The molecule has 5 atom stereocenters. The third-order valence-corrected chi connectivity index (χ3v) is 10.4. The van der Waals surface area contributed by atoms with Gasteiger partial charge in [-0.3, -0.25) is 34.1 Å². The number of aromatic nitrogens is 1. The molecule has 0 unspecified atom stereocenters. The molecule has 0 bridgehead atoms. The van der Waals surface area contributed by atoms with Crippen molar-refractivity contribution in [1.82, 2.24) is 31.6 Å². The second kappa shape index (κ2) is 22.7. The van der Waals surface area contributed by atoms with Gasteiger partial charge in [-0.05, 0) is 65.8 Å². The number of nitrogens with zero attached hydrogens (tertiary/aromatic N) is 2. The fraction of sp³-hybridized carbons (Fsp3) is 0.378. The number of nitrogens with one attached hydrogen (secondary N) is 5. The number of hydrogen-bond donors (Lipinski definition) is 8. The number of phenols is 1. The van der Waals surface area contributed by atoms with E-state index in [1.807, 2.05) is 0 Å². The van der Waals surface area contributed by atoms with Crippen LogP contribution in [0.15, 0.2) is 78.0 Å². The highest BCUT2D eigenvalue weighted by atomic mass is 33.1. The molecule has 3 aromatic rings. The zero-order valence-electron chi connectivity index (χ0n) is 31.4. The van der Waals surface area contributed by atoms with E-state index in [9.17, 15) is 49.1 Å². The quantitative estimate of drug-likeness (QED) is 0.0405. The van der Waals surface area contributed by atoms with Crippen molar-refractivity contribution in [2.75, 3.05) is 12.3 Å². The molecule has 3 rings (SSSR count). The lowest BCUT2D eigenvalue weighted by Crippen LogP contribution is -2.57. The minimum atomic E-state index is -1.44. The van der Waals surface area contributed by atoms with Crippen LogP contribution in [0.3, 0.4) is 0 Å². The molecule has 0 fully saturated rings. The summed E-state index contributed by atoms with van der Waals surface area (Å²) in [7, 11) is 1.82. The standard InChI is InChI=1S/C37H46N8O10S2/c1-21(2)16-27(34(50)44-29(37(52)53)20-56-57-36-30(45(54)55)10-7-15-39-36)43-35(51)28(18-23-8-5-4-6-9-23)42-31(47)19-40-32(48)22(3)41-33(49)26(38)17-24-11-13-25(46)14-12-24/h4-15,21-22,26-29,46H,16-20,38H2,1-3H3,(H,40,48)(H,41,49)(H,42,47)(H,43,51)(H,44,50)(H,52,53)/t22-,26+,27+,28+,29+/m1/s1. The summed E-state index contributed by atoms with van der Waals surface area (Å²) in [6.45, 7) is 4.44. The van der Waals surface area contributed by atoms with E-state index in [2.05, 4.69) is 31.6 Å². The first-order valence-electron chi connectivity index (χ1n) is 17.7. The van der Waals surface area contributed by atoms with E-state index in [0.717, 1.165) is 21.6 Å². The van der Waals surface area contributed by atoms with Crippen LogP contribution in [-0.4, -0.2) is 98.1 Å². The third-order valence-electron chi connectivity index (χ3n) is 8.11. The van der Waals surface area contributed by atoms with Gasteiger partial charge in [0.15, 0.2) is 5.03 Å². The highest BCUT2D eigenvalue weighted by Crippen LogP contribution is 2.35. The number of nitro groups is 1. The fourth-order valence-electron chi connectivity index (χ4n) is 5.16.